The minimum Gasteiger partial charge on any atom is -0.272 e. The third kappa shape index (κ3) is 5.76. The zero-order valence-electron chi connectivity index (χ0n) is 9.89. The van der Waals surface area contributed by atoms with Gasteiger partial charge in [-0.15, -0.1) is 0 Å². The Morgan fingerprint density at radius 1 is 1.61 bits per heavy atom. The van der Waals surface area contributed by atoms with Gasteiger partial charge < -0.3 is 0 Å². The van der Waals surface area contributed by atoms with E-state index in [-0.39, 0.29) is 0 Å². The minimum atomic E-state index is 0.664. The molecule has 96 valence electrons. The summed E-state index contributed by atoms with van der Waals surface area (Å²) in [5.74, 6) is 2.78. The van der Waals surface area contributed by atoms with Gasteiger partial charge in [0.15, 0.2) is 11.4 Å². The first-order chi connectivity index (χ1) is 8.77. The predicted octanol–water partition coefficient (Wildman–Crippen LogP) is 2.87. The van der Waals surface area contributed by atoms with Crippen LogP contribution in [-0.4, -0.2) is 28.7 Å². The number of rotatable bonds is 5. The summed E-state index contributed by atoms with van der Waals surface area (Å²) in [4.78, 5) is 8.27. The number of nitrogens with zero attached hydrogens (tertiary/aromatic N) is 3. The lowest BCUT2D eigenvalue weighted by Gasteiger charge is -2.04. The SMILES string of the molecule is C/N=C(\NC#N)SCCSCc1ncccc1Br. The second kappa shape index (κ2) is 9.25. The molecule has 0 aliphatic heterocycles. The van der Waals surface area contributed by atoms with Gasteiger partial charge in [-0.05, 0) is 28.1 Å². The van der Waals surface area contributed by atoms with Gasteiger partial charge in [-0.3, -0.25) is 15.3 Å². The number of aromatic nitrogens is 1. The summed E-state index contributed by atoms with van der Waals surface area (Å²) in [5, 5.41) is 11.7. The molecular weight excluding hydrogens is 332 g/mol. The topological polar surface area (TPSA) is 61.1 Å². The number of amidine groups is 1. The molecule has 1 aromatic heterocycles. The van der Waals surface area contributed by atoms with E-state index in [0.717, 1.165) is 27.4 Å². The van der Waals surface area contributed by atoms with Crippen molar-refractivity contribution in [2.24, 2.45) is 4.99 Å². The molecule has 7 heteroatoms. The molecule has 4 nitrogen and oxygen atoms in total. The van der Waals surface area contributed by atoms with Crippen LogP contribution in [-0.2, 0) is 5.75 Å². The van der Waals surface area contributed by atoms with Crippen molar-refractivity contribution in [2.45, 2.75) is 5.75 Å². The molecular formula is C11H13BrN4S2. The first-order valence-corrected chi connectivity index (χ1v) is 8.13. The molecule has 1 N–H and O–H groups in total. The summed E-state index contributed by atoms with van der Waals surface area (Å²) in [7, 11) is 1.67. The molecule has 0 spiro atoms. The summed E-state index contributed by atoms with van der Waals surface area (Å²) in [6, 6.07) is 3.90. The first kappa shape index (κ1) is 15.3. The normalized spacial score (nSPS) is 11.1. The Morgan fingerprint density at radius 3 is 3.11 bits per heavy atom. The van der Waals surface area contributed by atoms with Gasteiger partial charge in [0.25, 0.3) is 0 Å². The number of nitriles is 1. The van der Waals surface area contributed by atoms with Crippen molar-refractivity contribution in [3.63, 3.8) is 0 Å². The molecule has 1 aromatic rings. The number of thioether (sulfide) groups is 2. The highest BCUT2D eigenvalue weighted by atomic mass is 79.9. The Hall–Kier alpha value is -0.710. The highest BCUT2D eigenvalue weighted by Gasteiger charge is 2.01. The van der Waals surface area contributed by atoms with E-state index < -0.39 is 0 Å². The maximum atomic E-state index is 8.48. The van der Waals surface area contributed by atoms with Crippen LogP contribution in [0.4, 0.5) is 0 Å². The van der Waals surface area contributed by atoms with Gasteiger partial charge in [-0.2, -0.15) is 17.0 Å². The van der Waals surface area contributed by atoms with Gasteiger partial charge in [-0.25, -0.2) is 0 Å². The number of pyridine rings is 1. The first-order valence-electron chi connectivity index (χ1n) is 5.19. The Bertz CT molecular complexity index is 445. The van der Waals surface area contributed by atoms with E-state index in [4.69, 9.17) is 5.26 Å². The number of hydrogen-bond acceptors (Lipinski definition) is 5. The molecule has 0 fully saturated rings. The van der Waals surface area contributed by atoms with Crippen molar-refractivity contribution < 1.29 is 0 Å². The van der Waals surface area contributed by atoms with E-state index >= 15 is 0 Å². The standard InChI is InChI=1S/C11H13BrN4S2/c1-14-11(16-8-13)18-6-5-17-7-10-9(12)3-2-4-15-10/h2-4H,5-7H2,1H3,(H,14,16). The van der Waals surface area contributed by atoms with Crippen molar-refractivity contribution >= 4 is 44.6 Å². The Kier molecular flexibility index (Phi) is 7.89. The maximum Gasteiger partial charge on any atom is 0.183 e. The molecule has 1 heterocycles. The molecule has 0 amide bonds. The van der Waals surface area contributed by atoms with Crippen LogP contribution in [0.5, 0.6) is 0 Å². The Balaban J connectivity index is 2.20. The fourth-order valence-electron chi connectivity index (χ4n) is 1.10. The van der Waals surface area contributed by atoms with Crippen LogP contribution >= 0.6 is 39.5 Å². The number of halogens is 1. The van der Waals surface area contributed by atoms with Crippen LogP contribution < -0.4 is 5.32 Å². The van der Waals surface area contributed by atoms with Crippen LogP contribution in [0.2, 0.25) is 0 Å². The van der Waals surface area contributed by atoms with Gasteiger partial charge in [0, 0.05) is 35.0 Å². The average molecular weight is 345 g/mol. The maximum absolute atomic E-state index is 8.48. The lowest BCUT2D eigenvalue weighted by atomic mass is 10.4. The number of nitrogens with one attached hydrogen (secondary N) is 1. The van der Waals surface area contributed by atoms with Crippen LogP contribution in [0.1, 0.15) is 5.69 Å². The fourth-order valence-corrected chi connectivity index (χ4v) is 3.49. The van der Waals surface area contributed by atoms with Crippen molar-refractivity contribution in [1.82, 2.24) is 10.3 Å². The lowest BCUT2D eigenvalue weighted by molar-refractivity contribution is 1.15. The number of hydrogen-bond donors (Lipinski definition) is 1. The summed E-state index contributed by atoms with van der Waals surface area (Å²) in [6.07, 6.45) is 3.67. The van der Waals surface area contributed by atoms with E-state index in [2.05, 4.69) is 31.2 Å². The Labute approximate surface area is 124 Å². The zero-order valence-corrected chi connectivity index (χ0v) is 13.1. The molecule has 0 saturated heterocycles. The third-order valence-corrected chi connectivity index (χ3v) is 4.82. The quantitative estimate of drug-likeness (QED) is 0.292. The molecule has 0 aliphatic carbocycles. The summed E-state index contributed by atoms with van der Waals surface area (Å²) < 4.78 is 1.05. The summed E-state index contributed by atoms with van der Waals surface area (Å²) >= 11 is 6.84. The van der Waals surface area contributed by atoms with Gasteiger partial charge in [0.1, 0.15) is 0 Å². The average Bonchev–Trinajstić information content (AvgIpc) is 2.39. The van der Waals surface area contributed by atoms with E-state index in [1.54, 1.807) is 25.0 Å². The predicted molar refractivity (Wildman–Crippen MR) is 82.7 cm³/mol. The minimum absolute atomic E-state index is 0.664. The second-order valence-corrected chi connectivity index (χ2v) is 6.14. The molecule has 0 aliphatic rings. The van der Waals surface area contributed by atoms with Gasteiger partial charge in [0.2, 0.25) is 0 Å². The van der Waals surface area contributed by atoms with Gasteiger partial charge in [0.05, 0.1) is 5.69 Å². The smallest absolute Gasteiger partial charge is 0.183 e. The number of aliphatic imine (C=N–C) groups is 1. The van der Waals surface area contributed by atoms with E-state index in [1.807, 2.05) is 30.1 Å². The summed E-state index contributed by atoms with van der Waals surface area (Å²) in [6.45, 7) is 0. The molecule has 0 aromatic carbocycles. The van der Waals surface area contributed by atoms with Crippen molar-refractivity contribution in [3.8, 4) is 6.19 Å². The monoisotopic (exact) mass is 344 g/mol. The molecule has 18 heavy (non-hydrogen) atoms. The fraction of sp³-hybridized carbons (Fsp3) is 0.364. The van der Waals surface area contributed by atoms with Crippen molar-refractivity contribution in [1.29, 1.82) is 5.26 Å². The van der Waals surface area contributed by atoms with Crippen LogP contribution in [0.15, 0.2) is 27.8 Å². The van der Waals surface area contributed by atoms with Crippen LogP contribution in [0.3, 0.4) is 0 Å². The lowest BCUT2D eigenvalue weighted by Crippen LogP contribution is -2.14. The second-order valence-electron chi connectivity index (χ2n) is 3.10. The largest absolute Gasteiger partial charge is 0.272 e. The van der Waals surface area contributed by atoms with E-state index in [1.165, 1.54) is 0 Å². The van der Waals surface area contributed by atoms with Crippen molar-refractivity contribution in [3.05, 3.63) is 28.5 Å². The highest BCUT2D eigenvalue weighted by Crippen LogP contribution is 2.19. The molecule has 1 rings (SSSR count). The molecule has 0 radical (unpaired) electrons. The zero-order chi connectivity index (χ0) is 13.2. The van der Waals surface area contributed by atoms with Gasteiger partial charge >= 0.3 is 0 Å². The summed E-state index contributed by atoms with van der Waals surface area (Å²) in [5.41, 5.74) is 1.06. The third-order valence-electron chi connectivity index (χ3n) is 1.91. The van der Waals surface area contributed by atoms with Crippen LogP contribution in [0, 0.1) is 11.5 Å². The highest BCUT2D eigenvalue weighted by molar-refractivity contribution is 9.10. The molecule has 0 unspecified atom stereocenters. The van der Waals surface area contributed by atoms with E-state index in [9.17, 15) is 0 Å². The molecule has 0 saturated carbocycles. The Morgan fingerprint density at radius 2 is 2.44 bits per heavy atom. The van der Waals surface area contributed by atoms with Crippen LogP contribution in [0.25, 0.3) is 0 Å². The molecule has 0 atom stereocenters. The van der Waals surface area contributed by atoms with Gasteiger partial charge in [-0.1, -0.05) is 11.8 Å². The van der Waals surface area contributed by atoms with E-state index in [0.29, 0.717) is 5.17 Å². The van der Waals surface area contributed by atoms with Crippen molar-refractivity contribution in [2.75, 3.05) is 18.6 Å². The molecule has 0 bridgehead atoms.